The molecule has 26 heavy (non-hydrogen) atoms. The first kappa shape index (κ1) is 25.2. The van der Waals surface area contributed by atoms with Gasteiger partial charge < -0.3 is 10.6 Å². The average Bonchev–Trinajstić information content (AvgIpc) is 2.57. The first-order valence-electron chi connectivity index (χ1n) is 9.30. The summed E-state index contributed by atoms with van der Waals surface area (Å²) in [6.45, 7) is 8.81. The minimum atomic E-state index is 0. The largest absolute Gasteiger partial charge is 0.340 e. The van der Waals surface area contributed by atoms with Gasteiger partial charge in [0.2, 0.25) is 5.91 Å². The molecule has 6 heteroatoms. The van der Waals surface area contributed by atoms with Gasteiger partial charge >= 0.3 is 0 Å². The molecule has 0 radical (unpaired) electrons. The number of unbranched alkanes of at least 4 members (excludes halogenated alkanes) is 3. The number of benzene rings is 1. The second-order valence-electron chi connectivity index (χ2n) is 7.49. The molecule has 150 valence electrons. The summed E-state index contributed by atoms with van der Waals surface area (Å²) in [4.78, 5) is 17.0. The maximum Gasteiger partial charge on any atom is 0.222 e. The number of hydrogen-bond donors (Lipinski definition) is 1. The summed E-state index contributed by atoms with van der Waals surface area (Å²) < 4.78 is 0. The highest BCUT2D eigenvalue weighted by Crippen LogP contribution is 2.24. The van der Waals surface area contributed by atoms with Crippen LogP contribution in [-0.4, -0.2) is 47.4 Å². The predicted octanol–water partition coefficient (Wildman–Crippen LogP) is 3.86. The van der Waals surface area contributed by atoms with Crippen LogP contribution >= 0.6 is 24.8 Å². The van der Waals surface area contributed by atoms with Crippen molar-refractivity contribution in [1.82, 2.24) is 9.80 Å². The van der Waals surface area contributed by atoms with Gasteiger partial charge in [-0.2, -0.15) is 0 Å². The highest BCUT2D eigenvalue weighted by atomic mass is 35.5. The molecular formula is C20H35Cl2N3O. The van der Waals surface area contributed by atoms with Gasteiger partial charge in [0.1, 0.15) is 0 Å². The zero-order valence-corrected chi connectivity index (χ0v) is 17.8. The van der Waals surface area contributed by atoms with Crippen molar-refractivity contribution in [3.05, 3.63) is 35.9 Å². The van der Waals surface area contributed by atoms with E-state index in [4.69, 9.17) is 5.73 Å². The number of hydrogen-bond acceptors (Lipinski definition) is 3. The van der Waals surface area contributed by atoms with Crippen LogP contribution in [0.2, 0.25) is 0 Å². The van der Waals surface area contributed by atoms with Gasteiger partial charge in [0.25, 0.3) is 0 Å². The van der Waals surface area contributed by atoms with Crippen LogP contribution in [0.1, 0.15) is 51.5 Å². The van der Waals surface area contributed by atoms with E-state index < -0.39 is 0 Å². The van der Waals surface area contributed by atoms with Crippen molar-refractivity contribution < 1.29 is 4.79 Å². The van der Waals surface area contributed by atoms with Gasteiger partial charge in [0.05, 0.1) is 0 Å². The van der Waals surface area contributed by atoms with Crippen LogP contribution in [0.15, 0.2) is 30.3 Å². The third kappa shape index (κ3) is 7.83. The van der Waals surface area contributed by atoms with Gasteiger partial charge in [0, 0.05) is 38.1 Å². The molecule has 1 aromatic carbocycles. The maximum absolute atomic E-state index is 12.5. The van der Waals surface area contributed by atoms with Gasteiger partial charge in [0.15, 0.2) is 0 Å². The van der Waals surface area contributed by atoms with Crippen LogP contribution in [0.3, 0.4) is 0 Å². The summed E-state index contributed by atoms with van der Waals surface area (Å²) in [7, 11) is 0. The Labute approximate surface area is 171 Å². The average molecular weight is 404 g/mol. The molecule has 0 spiro atoms. The van der Waals surface area contributed by atoms with E-state index in [1.807, 2.05) is 0 Å². The molecule has 2 N–H and O–H groups in total. The lowest BCUT2D eigenvalue weighted by molar-refractivity contribution is -0.136. The summed E-state index contributed by atoms with van der Waals surface area (Å²) in [6.07, 6.45) is 4.99. The van der Waals surface area contributed by atoms with Gasteiger partial charge in [-0.25, -0.2) is 0 Å². The van der Waals surface area contributed by atoms with Crippen LogP contribution in [0.25, 0.3) is 0 Å². The standard InChI is InChI=1S/C20H33N3O.2ClH/c1-20(2)17-22(19(24)12-8-3-4-9-13-21)14-15-23(20)16-18-10-6-5-7-11-18;;/h5-7,10-11H,3-4,8-9,12-17,21H2,1-2H3;2*1H. The smallest absolute Gasteiger partial charge is 0.222 e. The quantitative estimate of drug-likeness (QED) is 0.670. The number of amides is 1. The Balaban J connectivity index is 0.00000312. The molecule has 1 aliphatic heterocycles. The van der Waals surface area contributed by atoms with Crippen molar-refractivity contribution in [1.29, 1.82) is 0 Å². The van der Waals surface area contributed by atoms with Crippen molar-refractivity contribution in [3.63, 3.8) is 0 Å². The second kappa shape index (κ2) is 12.6. The van der Waals surface area contributed by atoms with Crippen molar-refractivity contribution in [2.75, 3.05) is 26.2 Å². The van der Waals surface area contributed by atoms with E-state index >= 15 is 0 Å². The summed E-state index contributed by atoms with van der Waals surface area (Å²) in [5.41, 5.74) is 6.86. The SMILES string of the molecule is CC1(C)CN(C(=O)CCCCCCN)CCN1Cc1ccccc1.Cl.Cl. The van der Waals surface area contributed by atoms with E-state index in [2.05, 4.69) is 54.0 Å². The zero-order chi connectivity index (χ0) is 17.4. The summed E-state index contributed by atoms with van der Waals surface area (Å²) in [5.74, 6) is 0.315. The Bertz CT molecular complexity index is 511. The van der Waals surface area contributed by atoms with Crippen molar-refractivity contribution in [2.45, 2.75) is 58.0 Å². The number of piperazine rings is 1. The third-order valence-corrected chi connectivity index (χ3v) is 4.99. The zero-order valence-electron chi connectivity index (χ0n) is 16.2. The van der Waals surface area contributed by atoms with E-state index in [9.17, 15) is 4.79 Å². The molecule has 0 atom stereocenters. The Kier molecular flexibility index (Phi) is 12.2. The molecule has 0 aromatic heterocycles. The molecule has 0 aliphatic carbocycles. The fraction of sp³-hybridized carbons (Fsp3) is 0.650. The molecule has 1 aromatic rings. The Morgan fingerprint density at radius 2 is 1.69 bits per heavy atom. The summed E-state index contributed by atoms with van der Waals surface area (Å²) >= 11 is 0. The van der Waals surface area contributed by atoms with Crippen LogP contribution in [-0.2, 0) is 11.3 Å². The summed E-state index contributed by atoms with van der Waals surface area (Å²) in [5, 5.41) is 0. The molecule has 0 bridgehead atoms. The monoisotopic (exact) mass is 403 g/mol. The number of rotatable bonds is 8. The molecule has 1 fully saturated rings. The number of nitrogens with zero attached hydrogens (tertiary/aromatic N) is 2. The first-order chi connectivity index (χ1) is 11.5. The van der Waals surface area contributed by atoms with Gasteiger partial charge in [-0.05, 0) is 38.8 Å². The number of nitrogens with two attached hydrogens (primary N) is 1. The van der Waals surface area contributed by atoms with E-state index in [1.165, 1.54) is 5.56 Å². The third-order valence-electron chi connectivity index (χ3n) is 4.99. The fourth-order valence-corrected chi connectivity index (χ4v) is 3.43. The van der Waals surface area contributed by atoms with Crippen molar-refractivity contribution in [2.24, 2.45) is 5.73 Å². The van der Waals surface area contributed by atoms with Crippen LogP contribution in [0.5, 0.6) is 0 Å². The summed E-state index contributed by atoms with van der Waals surface area (Å²) in [6, 6.07) is 10.6. The van der Waals surface area contributed by atoms with E-state index in [0.717, 1.165) is 58.4 Å². The lowest BCUT2D eigenvalue weighted by Gasteiger charge is -2.47. The highest BCUT2D eigenvalue weighted by Gasteiger charge is 2.35. The van der Waals surface area contributed by atoms with Crippen LogP contribution < -0.4 is 5.73 Å². The lowest BCUT2D eigenvalue weighted by Crippen LogP contribution is -2.59. The van der Waals surface area contributed by atoms with E-state index in [1.54, 1.807) is 0 Å². The van der Waals surface area contributed by atoms with Gasteiger partial charge in [-0.15, -0.1) is 24.8 Å². The van der Waals surface area contributed by atoms with Gasteiger partial charge in [-0.1, -0.05) is 43.2 Å². The number of carbonyl (C=O) groups is 1. The molecule has 1 amide bonds. The normalized spacial score (nSPS) is 16.5. The predicted molar refractivity (Wildman–Crippen MR) is 114 cm³/mol. The van der Waals surface area contributed by atoms with Gasteiger partial charge in [-0.3, -0.25) is 9.69 Å². The molecule has 1 heterocycles. The van der Waals surface area contributed by atoms with Crippen LogP contribution in [0, 0.1) is 0 Å². The Hall–Kier alpha value is -0.810. The topological polar surface area (TPSA) is 49.6 Å². The van der Waals surface area contributed by atoms with Crippen molar-refractivity contribution in [3.8, 4) is 0 Å². The maximum atomic E-state index is 12.5. The Morgan fingerprint density at radius 1 is 1.04 bits per heavy atom. The fourth-order valence-electron chi connectivity index (χ4n) is 3.43. The molecule has 0 saturated carbocycles. The molecular weight excluding hydrogens is 369 g/mol. The highest BCUT2D eigenvalue weighted by molar-refractivity contribution is 5.85. The molecule has 1 aliphatic rings. The number of halogens is 2. The molecule has 0 unspecified atom stereocenters. The number of carbonyl (C=O) groups excluding carboxylic acids is 1. The van der Waals surface area contributed by atoms with E-state index in [-0.39, 0.29) is 30.4 Å². The molecule has 1 saturated heterocycles. The minimum Gasteiger partial charge on any atom is -0.340 e. The molecule has 2 rings (SSSR count). The Morgan fingerprint density at radius 3 is 2.31 bits per heavy atom. The second-order valence-corrected chi connectivity index (χ2v) is 7.49. The molecule has 4 nitrogen and oxygen atoms in total. The first-order valence-corrected chi connectivity index (χ1v) is 9.30. The van der Waals surface area contributed by atoms with Crippen molar-refractivity contribution >= 4 is 30.7 Å². The lowest BCUT2D eigenvalue weighted by atomic mass is 9.97. The minimum absolute atomic E-state index is 0. The van der Waals surface area contributed by atoms with Crippen LogP contribution in [0.4, 0.5) is 0 Å². The van der Waals surface area contributed by atoms with E-state index in [0.29, 0.717) is 12.3 Å².